The van der Waals surface area contributed by atoms with Crippen molar-refractivity contribution in [2.45, 2.75) is 25.8 Å². The number of anilines is 1. The molecular weight excluding hydrogens is 220 g/mol. The van der Waals surface area contributed by atoms with Crippen LogP contribution in [0.15, 0.2) is 36.4 Å². The van der Waals surface area contributed by atoms with Crippen LogP contribution >= 0.6 is 0 Å². The lowest BCUT2D eigenvalue weighted by atomic mass is 10.0. The Kier molecular flexibility index (Phi) is 2.68. The second-order valence-electron chi connectivity index (χ2n) is 4.97. The number of fused-ring (bicyclic) bond motifs is 1. The number of nitriles is 1. The molecule has 1 saturated heterocycles. The number of hydrogen-bond donors (Lipinski definition) is 0. The van der Waals surface area contributed by atoms with Crippen molar-refractivity contribution in [2.24, 2.45) is 0 Å². The molecule has 0 aliphatic carbocycles. The molecule has 90 valence electrons. The molecule has 1 fully saturated rings. The summed E-state index contributed by atoms with van der Waals surface area (Å²) in [4.78, 5) is 2.46. The molecule has 0 bridgehead atoms. The largest absolute Gasteiger partial charge is 0.368 e. The summed E-state index contributed by atoms with van der Waals surface area (Å²) in [6.45, 7) is 3.40. The Labute approximate surface area is 107 Å². The first-order valence-corrected chi connectivity index (χ1v) is 6.50. The van der Waals surface area contributed by atoms with Gasteiger partial charge >= 0.3 is 0 Å². The van der Waals surface area contributed by atoms with Crippen molar-refractivity contribution in [1.29, 1.82) is 5.26 Å². The Balaban J connectivity index is 2.22. The average molecular weight is 236 g/mol. The molecule has 1 unspecified atom stereocenters. The van der Waals surface area contributed by atoms with Crippen LogP contribution in [-0.2, 0) is 0 Å². The van der Waals surface area contributed by atoms with E-state index in [0.717, 1.165) is 17.5 Å². The van der Waals surface area contributed by atoms with E-state index in [-0.39, 0.29) is 0 Å². The molecule has 2 heteroatoms. The van der Waals surface area contributed by atoms with E-state index < -0.39 is 0 Å². The predicted molar refractivity (Wildman–Crippen MR) is 74.7 cm³/mol. The molecular formula is C16H16N2. The van der Waals surface area contributed by atoms with Crippen LogP contribution in [0.2, 0.25) is 0 Å². The Morgan fingerprint density at radius 2 is 1.94 bits per heavy atom. The molecule has 0 amide bonds. The summed E-state index contributed by atoms with van der Waals surface area (Å²) in [6.07, 6.45) is 2.52. The van der Waals surface area contributed by atoms with Crippen molar-refractivity contribution in [3.63, 3.8) is 0 Å². The molecule has 1 atom stereocenters. The lowest BCUT2D eigenvalue weighted by molar-refractivity contribution is 0.737. The van der Waals surface area contributed by atoms with E-state index in [1.54, 1.807) is 0 Å². The van der Waals surface area contributed by atoms with Crippen LogP contribution in [0, 0.1) is 11.3 Å². The van der Waals surface area contributed by atoms with Gasteiger partial charge in [-0.05, 0) is 31.9 Å². The molecule has 0 radical (unpaired) electrons. The monoisotopic (exact) mass is 236 g/mol. The lowest BCUT2D eigenvalue weighted by Gasteiger charge is -2.25. The van der Waals surface area contributed by atoms with Gasteiger partial charge in [0.15, 0.2) is 0 Å². The number of nitrogens with zero attached hydrogens (tertiary/aromatic N) is 2. The molecule has 1 heterocycles. The third-order valence-corrected chi connectivity index (χ3v) is 3.88. The molecule has 2 aromatic carbocycles. The van der Waals surface area contributed by atoms with Crippen LogP contribution in [0.5, 0.6) is 0 Å². The van der Waals surface area contributed by atoms with E-state index in [4.69, 9.17) is 0 Å². The smallest absolute Gasteiger partial charge is 0.0998 e. The van der Waals surface area contributed by atoms with Crippen LogP contribution in [0.25, 0.3) is 10.8 Å². The molecule has 3 rings (SSSR count). The Morgan fingerprint density at radius 1 is 1.17 bits per heavy atom. The summed E-state index contributed by atoms with van der Waals surface area (Å²) in [6, 6.07) is 15.1. The normalized spacial score (nSPS) is 19.1. The van der Waals surface area contributed by atoms with Crippen LogP contribution in [0.4, 0.5) is 5.69 Å². The van der Waals surface area contributed by atoms with Gasteiger partial charge in [-0.2, -0.15) is 5.26 Å². The first kappa shape index (κ1) is 11.1. The third-order valence-electron chi connectivity index (χ3n) is 3.88. The zero-order chi connectivity index (χ0) is 12.5. The molecule has 0 spiro atoms. The molecule has 0 aromatic heterocycles. The fraction of sp³-hybridized carbons (Fsp3) is 0.312. The SMILES string of the molecule is CC1CCCN1c1ccc(C#N)c2ccccc12. The highest BCUT2D eigenvalue weighted by atomic mass is 15.2. The predicted octanol–water partition coefficient (Wildman–Crippen LogP) is 3.70. The van der Waals surface area contributed by atoms with Gasteiger partial charge < -0.3 is 4.90 Å². The van der Waals surface area contributed by atoms with Crippen LogP contribution in [0.3, 0.4) is 0 Å². The summed E-state index contributed by atoms with van der Waals surface area (Å²) < 4.78 is 0. The molecule has 0 saturated carbocycles. The Hall–Kier alpha value is -2.01. The minimum atomic E-state index is 0.598. The number of rotatable bonds is 1. The Morgan fingerprint density at radius 3 is 2.61 bits per heavy atom. The van der Waals surface area contributed by atoms with Gasteiger partial charge in [-0.1, -0.05) is 24.3 Å². The van der Waals surface area contributed by atoms with E-state index in [0.29, 0.717) is 6.04 Å². The van der Waals surface area contributed by atoms with Crippen molar-refractivity contribution in [3.05, 3.63) is 42.0 Å². The van der Waals surface area contributed by atoms with E-state index in [1.807, 2.05) is 24.3 Å². The zero-order valence-corrected chi connectivity index (χ0v) is 10.6. The zero-order valence-electron chi connectivity index (χ0n) is 10.6. The molecule has 18 heavy (non-hydrogen) atoms. The maximum Gasteiger partial charge on any atom is 0.0998 e. The van der Waals surface area contributed by atoms with E-state index >= 15 is 0 Å². The molecule has 2 aromatic rings. The van der Waals surface area contributed by atoms with Crippen LogP contribution in [0.1, 0.15) is 25.3 Å². The van der Waals surface area contributed by atoms with E-state index in [2.05, 4.69) is 30.0 Å². The van der Waals surface area contributed by atoms with Gasteiger partial charge in [-0.25, -0.2) is 0 Å². The highest BCUT2D eigenvalue weighted by Crippen LogP contribution is 2.33. The number of hydrogen-bond acceptors (Lipinski definition) is 2. The maximum atomic E-state index is 9.18. The standard InChI is InChI=1S/C16H16N2/c1-12-5-4-10-18(12)16-9-8-13(11-17)14-6-2-3-7-15(14)16/h2-3,6-9,12H,4-5,10H2,1H3. The maximum absolute atomic E-state index is 9.18. The summed E-state index contributed by atoms with van der Waals surface area (Å²) in [5.41, 5.74) is 2.04. The first-order valence-electron chi connectivity index (χ1n) is 6.50. The second kappa shape index (κ2) is 4.34. The fourth-order valence-electron chi connectivity index (χ4n) is 2.92. The Bertz CT molecular complexity index is 625. The lowest BCUT2D eigenvalue weighted by Crippen LogP contribution is -2.26. The van der Waals surface area contributed by atoms with Gasteiger partial charge in [0, 0.05) is 29.0 Å². The van der Waals surface area contributed by atoms with Gasteiger partial charge in [0.1, 0.15) is 0 Å². The van der Waals surface area contributed by atoms with Crippen molar-refractivity contribution in [1.82, 2.24) is 0 Å². The molecule has 1 aliphatic heterocycles. The van der Waals surface area contributed by atoms with Crippen molar-refractivity contribution in [2.75, 3.05) is 11.4 Å². The third kappa shape index (κ3) is 1.64. The van der Waals surface area contributed by atoms with Crippen molar-refractivity contribution < 1.29 is 0 Å². The van der Waals surface area contributed by atoms with E-state index in [1.165, 1.54) is 23.9 Å². The van der Waals surface area contributed by atoms with Crippen LogP contribution < -0.4 is 4.90 Å². The van der Waals surface area contributed by atoms with Gasteiger partial charge in [-0.15, -0.1) is 0 Å². The van der Waals surface area contributed by atoms with Crippen molar-refractivity contribution >= 4 is 16.5 Å². The quantitative estimate of drug-likeness (QED) is 0.755. The van der Waals surface area contributed by atoms with E-state index in [9.17, 15) is 5.26 Å². The first-order chi connectivity index (χ1) is 8.81. The number of benzene rings is 2. The minimum Gasteiger partial charge on any atom is -0.368 e. The minimum absolute atomic E-state index is 0.598. The summed E-state index contributed by atoms with van der Waals surface area (Å²) in [7, 11) is 0. The summed E-state index contributed by atoms with van der Waals surface area (Å²) in [5, 5.41) is 11.4. The average Bonchev–Trinajstić information content (AvgIpc) is 2.83. The van der Waals surface area contributed by atoms with Gasteiger partial charge in [-0.3, -0.25) is 0 Å². The van der Waals surface area contributed by atoms with Crippen LogP contribution in [-0.4, -0.2) is 12.6 Å². The topological polar surface area (TPSA) is 27.0 Å². The molecule has 2 nitrogen and oxygen atoms in total. The van der Waals surface area contributed by atoms with Gasteiger partial charge in [0.2, 0.25) is 0 Å². The van der Waals surface area contributed by atoms with Gasteiger partial charge in [0.05, 0.1) is 11.6 Å². The summed E-state index contributed by atoms with van der Waals surface area (Å²) >= 11 is 0. The molecule has 0 N–H and O–H groups in total. The highest BCUT2D eigenvalue weighted by Gasteiger charge is 2.22. The summed E-state index contributed by atoms with van der Waals surface area (Å²) in [5.74, 6) is 0. The second-order valence-corrected chi connectivity index (χ2v) is 4.97. The highest BCUT2D eigenvalue weighted by molar-refractivity contribution is 5.98. The van der Waals surface area contributed by atoms with Crippen molar-refractivity contribution in [3.8, 4) is 6.07 Å². The fourth-order valence-corrected chi connectivity index (χ4v) is 2.92. The van der Waals surface area contributed by atoms with Gasteiger partial charge in [0.25, 0.3) is 0 Å². The molecule has 1 aliphatic rings.